The number of hydrogen-bond donors (Lipinski definition) is 1. The van der Waals surface area contributed by atoms with E-state index in [4.69, 9.17) is 4.42 Å². The zero-order valence-electron chi connectivity index (χ0n) is 11.6. The van der Waals surface area contributed by atoms with Crippen LogP contribution in [0.5, 0.6) is 0 Å². The molecule has 0 amide bonds. The van der Waals surface area contributed by atoms with Crippen LogP contribution in [-0.2, 0) is 6.42 Å². The van der Waals surface area contributed by atoms with E-state index in [-0.39, 0.29) is 11.2 Å². The molecule has 0 bridgehead atoms. The first-order valence-corrected chi connectivity index (χ1v) is 6.92. The van der Waals surface area contributed by atoms with Gasteiger partial charge in [0.1, 0.15) is 11.1 Å². The predicted molar refractivity (Wildman–Crippen MR) is 78.9 cm³/mol. The summed E-state index contributed by atoms with van der Waals surface area (Å²) in [4.78, 5) is 15.9. The number of carbonyl (C=O) groups is 1. The van der Waals surface area contributed by atoms with Gasteiger partial charge in [0.25, 0.3) is 0 Å². The Kier molecular flexibility index (Phi) is 2.15. The average molecular weight is 266 g/mol. The Hall–Kier alpha value is -2.16. The summed E-state index contributed by atoms with van der Waals surface area (Å²) in [6.45, 7) is 4.23. The zero-order valence-corrected chi connectivity index (χ0v) is 11.6. The Morgan fingerprint density at radius 1 is 1.15 bits per heavy atom. The topological polar surface area (TPSA) is 44.2 Å². The number of hydrogen-bond acceptors (Lipinski definition) is 1. The Labute approximate surface area is 116 Å². The van der Waals surface area contributed by atoms with Gasteiger partial charge in [0, 0.05) is 22.7 Å². The SMILES string of the molecule is CC1(C)CC(=O)c2c([o+]cc3[nH]c4ccccc4c23)C1. The van der Waals surface area contributed by atoms with Crippen LogP contribution < -0.4 is 0 Å². The fourth-order valence-electron chi connectivity index (χ4n) is 3.29. The van der Waals surface area contributed by atoms with Gasteiger partial charge in [-0.05, 0) is 11.5 Å². The van der Waals surface area contributed by atoms with Crippen molar-refractivity contribution in [2.45, 2.75) is 26.7 Å². The molecule has 0 saturated heterocycles. The smallest absolute Gasteiger partial charge is 0.342 e. The van der Waals surface area contributed by atoms with Gasteiger partial charge in [0.2, 0.25) is 0 Å². The molecule has 2 aromatic heterocycles. The number of rotatable bonds is 0. The molecule has 1 aliphatic rings. The van der Waals surface area contributed by atoms with Gasteiger partial charge < -0.3 is 4.98 Å². The molecule has 3 heteroatoms. The third kappa shape index (κ3) is 1.52. The largest absolute Gasteiger partial charge is 0.347 e. The lowest BCUT2D eigenvalue weighted by atomic mass is 9.75. The Balaban J connectivity index is 2.13. The lowest BCUT2D eigenvalue weighted by molar-refractivity contribution is 0.0901. The van der Waals surface area contributed by atoms with Gasteiger partial charge in [-0.1, -0.05) is 32.0 Å². The Bertz CT molecular complexity index is 858. The van der Waals surface area contributed by atoms with Gasteiger partial charge in [-0.2, -0.15) is 0 Å². The maximum absolute atomic E-state index is 12.6. The minimum atomic E-state index is -0.0205. The zero-order chi connectivity index (χ0) is 13.9. The van der Waals surface area contributed by atoms with Crippen LogP contribution in [0.2, 0.25) is 0 Å². The van der Waals surface area contributed by atoms with Gasteiger partial charge in [0.15, 0.2) is 5.78 Å². The number of fused-ring (bicyclic) bond motifs is 5. The van der Waals surface area contributed by atoms with Gasteiger partial charge in [0.05, 0.1) is 6.42 Å². The lowest BCUT2D eigenvalue weighted by Crippen LogP contribution is -2.27. The summed E-state index contributed by atoms with van der Waals surface area (Å²) < 4.78 is 5.75. The van der Waals surface area contributed by atoms with Crippen molar-refractivity contribution in [2.24, 2.45) is 5.41 Å². The van der Waals surface area contributed by atoms with Gasteiger partial charge in [-0.15, -0.1) is 0 Å². The number of Topliss-reactive ketones (excluding diaryl/α,β-unsaturated/α-hetero) is 1. The highest BCUT2D eigenvalue weighted by Crippen LogP contribution is 2.39. The molecule has 1 aromatic carbocycles. The number of ketones is 1. The second kappa shape index (κ2) is 3.69. The van der Waals surface area contributed by atoms with Crippen molar-refractivity contribution in [1.29, 1.82) is 0 Å². The third-order valence-electron chi connectivity index (χ3n) is 4.14. The molecule has 3 nitrogen and oxygen atoms in total. The van der Waals surface area contributed by atoms with Gasteiger partial charge in [-0.25, -0.2) is 4.42 Å². The van der Waals surface area contributed by atoms with Crippen molar-refractivity contribution in [3.05, 3.63) is 41.9 Å². The molecule has 100 valence electrons. The highest BCUT2D eigenvalue weighted by Gasteiger charge is 2.40. The number of H-pyrrole nitrogens is 1. The molecule has 0 radical (unpaired) electrons. The summed E-state index contributed by atoms with van der Waals surface area (Å²) in [5.41, 5.74) is 2.70. The molecule has 1 N–H and O–H groups in total. The van der Waals surface area contributed by atoms with E-state index in [9.17, 15) is 4.79 Å². The number of aromatic nitrogens is 1. The molecule has 0 saturated carbocycles. The highest BCUT2D eigenvalue weighted by molar-refractivity contribution is 6.18. The predicted octanol–water partition coefficient (Wildman–Crippen LogP) is 4.35. The molecule has 0 fully saturated rings. The summed E-state index contributed by atoms with van der Waals surface area (Å²) in [5, 5.41) is 2.12. The van der Waals surface area contributed by atoms with Crippen LogP contribution in [-0.4, -0.2) is 10.8 Å². The maximum atomic E-state index is 12.6. The van der Waals surface area contributed by atoms with Crippen LogP contribution in [0.1, 0.15) is 36.4 Å². The second-order valence-corrected chi connectivity index (χ2v) is 6.43. The van der Waals surface area contributed by atoms with E-state index < -0.39 is 0 Å². The molecule has 0 unspecified atom stereocenters. The minimum absolute atomic E-state index is 0.0205. The van der Waals surface area contributed by atoms with Crippen molar-refractivity contribution in [3.63, 3.8) is 0 Å². The maximum Gasteiger partial charge on any atom is 0.342 e. The van der Waals surface area contributed by atoms with Crippen LogP contribution >= 0.6 is 0 Å². The van der Waals surface area contributed by atoms with E-state index in [0.29, 0.717) is 6.42 Å². The normalized spacial score (nSPS) is 17.6. The summed E-state index contributed by atoms with van der Waals surface area (Å²) in [6.07, 6.45) is 3.13. The third-order valence-corrected chi connectivity index (χ3v) is 4.14. The van der Waals surface area contributed by atoms with Crippen molar-refractivity contribution in [3.8, 4) is 0 Å². The van der Waals surface area contributed by atoms with Crippen LogP contribution in [0, 0.1) is 5.41 Å². The minimum Gasteiger partial charge on any atom is -0.347 e. The molecule has 20 heavy (non-hydrogen) atoms. The van der Waals surface area contributed by atoms with Crippen LogP contribution in [0.25, 0.3) is 21.8 Å². The number of para-hydroxylation sites is 1. The van der Waals surface area contributed by atoms with E-state index in [0.717, 1.165) is 39.6 Å². The van der Waals surface area contributed by atoms with Crippen molar-refractivity contribution in [1.82, 2.24) is 4.98 Å². The quantitative estimate of drug-likeness (QED) is 0.615. The van der Waals surface area contributed by atoms with Crippen LogP contribution in [0.15, 0.2) is 34.9 Å². The van der Waals surface area contributed by atoms with Crippen molar-refractivity contribution in [2.75, 3.05) is 0 Å². The standard InChI is InChI=1S/C17H15NO2/c1-17(2)7-13(19)16-14(8-17)20-9-12-15(16)10-5-3-4-6-11(10)18-12/h3-6,9H,7-8H2,1-2H3/p+1. The Morgan fingerprint density at radius 3 is 2.80 bits per heavy atom. The summed E-state index contributed by atoms with van der Waals surface area (Å²) in [6, 6.07) is 8.08. The van der Waals surface area contributed by atoms with Crippen molar-refractivity contribution < 1.29 is 9.21 Å². The Morgan fingerprint density at radius 2 is 1.95 bits per heavy atom. The molecule has 1 aliphatic carbocycles. The number of carbonyl (C=O) groups excluding carboxylic acids is 1. The molecule has 3 aromatic rings. The van der Waals surface area contributed by atoms with Gasteiger partial charge >= 0.3 is 12.0 Å². The molecular formula is C17H16NO2+. The summed E-state index contributed by atoms with van der Waals surface area (Å²) >= 11 is 0. The first-order chi connectivity index (χ1) is 9.55. The fourth-order valence-corrected chi connectivity index (χ4v) is 3.29. The molecule has 0 spiro atoms. The van der Waals surface area contributed by atoms with Crippen LogP contribution in [0.3, 0.4) is 0 Å². The van der Waals surface area contributed by atoms with E-state index in [1.165, 1.54) is 0 Å². The number of nitrogens with one attached hydrogen (secondary N) is 1. The molecule has 0 aliphatic heterocycles. The first-order valence-electron chi connectivity index (χ1n) is 6.92. The number of benzene rings is 1. The van der Waals surface area contributed by atoms with Gasteiger partial charge in [-0.3, -0.25) is 4.79 Å². The molecule has 4 rings (SSSR count). The van der Waals surface area contributed by atoms with E-state index >= 15 is 0 Å². The van der Waals surface area contributed by atoms with Crippen LogP contribution in [0.4, 0.5) is 0 Å². The highest BCUT2D eigenvalue weighted by atomic mass is 16.3. The molecule has 2 heterocycles. The van der Waals surface area contributed by atoms with E-state index in [1.54, 1.807) is 6.26 Å². The average Bonchev–Trinajstić information content (AvgIpc) is 2.75. The number of aromatic amines is 1. The van der Waals surface area contributed by atoms with Crippen molar-refractivity contribution >= 4 is 27.6 Å². The second-order valence-electron chi connectivity index (χ2n) is 6.43. The fraction of sp³-hybridized carbons (Fsp3) is 0.294. The first kappa shape index (κ1) is 11.6. The van der Waals surface area contributed by atoms with E-state index in [1.807, 2.05) is 18.2 Å². The summed E-state index contributed by atoms with van der Waals surface area (Å²) in [7, 11) is 0. The molecular weight excluding hydrogens is 250 g/mol. The van der Waals surface area contributed by atoms with E-state index in [2.05, 4.69) is 24.9 Å². The lowest BCUT2D eigenvalue weighted by Gasteiger charge is -2.25. The summed E-state index contributed by atoms with van der Waals surface area (Å²) in [5.74, 6) is 1.01. The monoisotopic (exact) mass is 266 g/mol. The molecule has 0 atom stereocenters.